The van der Waals surface area contributed by atoms with Gasteiger partial charge in [-0.3, -0.25) is 4.90 Å². The van der Waals surface area contributed by atoms with Gasteiger partial charge in [-0.2, -0.15) is 0 Å². The number of cyclic esters (lactones) is 2. The van der Waals surface area contributed by atoms with Gasteiger partial charge in [0.1, 0.15) is 18.8 Å². The third-order valence-electron chi connectivity index (χ3n) is 7.23. The molecule has 0 radical (unpaired) electrons. The Labute approximate surface area is 187 Å². The van der Waals surface area contributed by atoms with E-state index in [0.29, 0.717) is 19.5 Å². The first-order chi connectivity index (χ1) is 15.0. The summed E-state index contributed by atoms with van der Waals surface area (Å²) in [6, 6.07) is -0.355. The van der Waals surface area contributed by atoms with Crippen LogP contribution in [-0.2, 0) is 28.6 Å². The normalized spacial score (nSPS) is 40.0. The minimum atomic E-state index is -2.56. The van der Waals surface area contributed by atoms with E-state index >= 15 is 0 Å². The van der Waals surface area contributed by atoms with Gasteiger partial charge < -0.3 is 29.5 Å². The summed E-state index contributed by atoms with van der Waals surface area (Å²) in [7, 11) is 0. The summed E-state index contributed by atoms with van der Waals surface area (Å²) in [5.41, 5.74) is -4.00. The molecule has 0 amide bonds. The van der Waals surface area contributed by atoms with Crippen molar-refractivity contribution in [1.82, 2.24) is 4.90 Å². The minimum Gasteiger partial charge on any atom is -0.459 e. The zero-order valence-corrected chi connectivity index (χ0v) is 18.9. The number of rotatable bonds is 3. The van der Waals surface area contributed by atoms with E-state index in [9.17, 15) is 29.7 Å². The number of ether oxygens (including phenoxy) is 3. The summed E-state index contributed by atoms with van der Waals surface area (Å²) in [6.07, 6.45) is -1.82. The van der Waals surface area contributed by atoms with Crippen LogP contribution in [-0.4, -0.2) is 93.4 Å². The number of esters is 3. The number of hydrogen-bond donors (Lipinski definition) is 3. The van der Waals surface area contributed by atoms with Crippen LogP contribution in [0.25, 0.3) is 0 Å². The van der Waals surface area contributed by atoms with Crippen LogP contribution >= 0.6 is 0 Å². The molecule has 3 heterocycles. The molecule has 0 bridgehead atoms. The van der Waals surface area contributed by atoms with Gasteiger partial charge in [-0.05, 0) is 31.3 Å². The van der Waals surface area contributed by atoms with Crippen LogP contribution in [0.15, 0.2) is 11.6 Å². The Kier molecular flexibility index (Phi) is 6.99. The van der Waals surface area contributed by atoms with Crippen molar-refractivity contribution in [2.75, 3.05) is 19.7 Å². The molecule has 0 unspecified atom stereocenters. The van der Waals surface area contributed by atoms with E-state index in [1.807, 2.05) is 6.08 Å². The number of carbonyl (C=O) groups is 3. The first kappa shape index (κ1) is 24.6. The van der Waals surface area contributed by atoms with Crippen molar-refractivity contribution in [3.63, 3.8) is 0 Å². The largest absolute Gasteiger partial charge is 0.459 e. The summed E-state index contributed by atoms with van der Waals surface area (Å²) in [6.45, 7) is 7.12. The van der Waals surface area contributed by atoms with Crippen molar-refractivity contribution >= 4 is 17.9 Å². The average molecular weight is 456 g/mol. The molecule has 2 fully saturated rings. The molecule has 3 rings (SSSR count). The van der Waals surface area contributed by atoms with Gasteiger partial charge in [0, 0.05) is 13.1 Å². The predicted molar refractivity (Wildman–Crippen MR) is 110 cm³/mol. The second kappa shape index (κ2) is 9.09. The molecular weight excluding hydrogens is 422 g/mol. The first-order valence-electron chi connectivity index (χ1n) is 11.1. The van der Waals surface area contributed by atoms with Crippen LogP contribution < -0.4 is 0 Å². The second-order valence-electron chi connectivity index (χ2n) is 8.92. The van der Waals surface area contributed by atoms with Gasteiger partial charge >= 0.3 is 17.9 Å². The molecule has 0 saturated carbocycles. The van der Waals surface area contributed by atoms with Crippen LogP contribution in [0.4, 0.5) is 0 Å². The highest BCUT2D eigenvalue weighted by Gasteiger charge is 2.56. The number of aliphatic hydroxyl groups excluding tert-OH is 1. The molecule has 0 aromatic heterocycles. The van der Waals surface area contributed by atoms with Crippen LogP contribution in [0.3, 0.4) is 0 Å². The van der Waals surface area contributed by atoms with E-state index in [1.54, 1.807) is 6.92 Å². The maximum atomic E-state index is 13.1. The number of hydrogen-bond acceptors (Lipinski definition) is 10. The first-order valence-corrected chi connectivity index (χ1v) is 11.1. The summed E-state index contributed by atoms with van der Waals surface area (Å²) in [4.78, 5) is 40.6. The number of carbonyl (C=O) groups excluding carboxylic acids is 3. The number of aliphatic hydroxyl groups is 3. The highest BCUT2D eigenvalue weighted by Crippen LogP contribution is 2.35. The molecular formula is C22H33NO9. The Balaban J connectivity index is 2.02. The van der Waals surface area contributed by atoms with E-state index in [2.05, 4.69) is 4.90 Å². The van der Waals surface area contributed by atoms with E-state index < -0.39 is 53.3 Å². The molecule has 2 saturated heterocycles. The van der Waals surface area contributed by atoms with Gasteiger partial charge in [-0.25, -0.2) is 14.4 Å². The maximum absolute atomic E-state index is 13.1. The topological polar surface area (TPSA) is 143 Å². The standard InChI is InChI=1S/C22H33NO9/c1-5-12(3)22(29)17(24)18(25)31-13(4)21(28,6-2)19(26)30-11-14-7-9-23-10-8-15(16(14)23)32-20(22)27/h7,12-13,15-17,24,28-29H,5-6,8-11H2,1-4H3/t12-,13+,15+,16+,17-,21-,22+/m0/s1. The summed E-state index contributed by atoms with van der Waals surface area (Å²) >= 11 is 0. The van der Waals surface area contributed by atoms with Gasteiger partial charge in [0.15, 0.2) is 11.7 Å². The zero-order chi connectivity index (χ0) is 23.8. The molecule has 0 spiro atoms. The van der Waals surface area contributed by atoms with Crippen molar-refractivity contribution in [3.05, 3.63) is 11.6 Å². The average Bonchev–Trinajstić information content (AvgIpc) is 3.37. The van der Waals surface area contributed by atoms with Crippen molar-refractivity contribution < 1.29 is 43.9 Å². The van der Waals surface area contributed by atoms with Crippen LogP contribution in [0.2, 0.25) is 0 Å². The van der Waals surface area contributed by atoms with Gasteiger partial charge in [-0.1, -0.05) is 33.3 Å². The monoisotopic (exact) mass is 455 g/mol. The van der Waals surface area contributed by atoms with E-state index in [1.165, 1.54) is 20.8 Å². The second-order valence-corrected chi connectivity index (χ2v) is 8.92. The molecule has 0 aromatic carbocycles. The lowest BCUT2D eigenvalue weighted by Gasteiger charge is -2.38. The van der Waals surface area contributed by atoms with Crippen molar-refractivity contribution in [2.24, 2.45) is 5.92 Å². The molecule has 0 aromatic rings. The molecule has 3 aliphatic rings. The fourth-order valence-electron chi connectivity index (χ4n) is 4.64. The summed E-state index contributed by atoms with van der Waals surface area (Å²) < 4.78 is 16.1. The van der Waals surface area contributed by atoms with Crippen LogP contribution in [0.1, 0.15) is 47.0 Å². The zero-order valence-electron chi connectivity index (χ0n) is 18.9. The Hall–Kier alpha value is -2.01. The molecule has 10 nitrogen and oxygen atoms in total. The smallest absolute Gasteiger partial charge is 0.342 e. The van der Waals surface area contributed by atoms with Crippen molar-refractivity contribution in [3.8, 4) is 0 Å². The molecule has 3 aliphatic heterocycles. The van der Waals surface area contributed by atoms with Gasteiger partial charge in [-0.15, -0.1) is 0 Å². The molecule has 180 valence electrons. The number of nitrogens with zero attached hydrogens (tertiary/aromatic N) is 1. The Bertz CT molecular complexity index is 798. The SMILES string of the molecule is CC[C@H](C)[C@]1(O)C(=O)O[C@@H]2CCN3CC=C(COC(=O)[C@](O)(CC)[C@@H](C)OC(=O)[C@@H]1O)[C@H]23. The quantitative estimate of drug-likeness (QED) is 0.294. The van der Waals surface area contributed by atoms with E-state index in [-0.39, 0.29) is 25.5 Å². The molecule has 0 aliphatic carbocycles. The molecule has 32 heavy (non-hydrogen) atoms. The highest BCUT2D eigenvalue weighted by molar-refractivity contribution is 5.90. The lowest BCUT2D eigenvalue weighted by Crippen LogP contribution is -2.61. The van der Waals surface area contributed by atoms with Gasteiger partial charge in [0.25, 0.3) is 0 Å². The van der Waals surface area contributed by atoms with E-state index in [0.717, 1.165) is 5.57 Å². The van der Waals surface area contributed by atoms with Crippen molar-refractivity contribution in [1.29, 1.82) is 0 Å². The molecule has 7 atom stereocenters. The predicted octanol–water partition coefficient (Wildman–Crippen LogP) is -0.320. The molecule has 10 heteroatoms. The van der Waals surface area contributed by atoms with Crippen LogP contribution in [0.5, 0.6) is 0 Å². The fourth-order valence-corrected chi connectivity index (χ4v) is 4.64. The third-order valence-corrected chi connectivity index (χ3v) is 7.23. The van der Waals surface area contributed by atoms with Crippen molar-refractivity contribution in [2.45, 2.75) is 82.5 Å². The maximum Gasteiger partial charge on any atom is 0.342 e. The Morgan fingerprint density at radius 3 is 2.50 bits per heavy atom. The highest BCUT2D eigenvalue weighted by atomic mass is 16.6. The lowest BCUT2D eigenvalue weighted by atomic mass is 9.81. The fraction of sp³-hybridized carbons (Fsp3) is 0.773. The summed E-state index contributed by atoms with van der Waals surface area (Å²) in [5, 5.41) is 32.9. The third kappa shape index (κ3) is 3.93. The molecule has 3 N–H and O–H groups in total. The lowest BCUT2D eigenvalue weighted by molar-refractivity contribution is -0.212. The van der Waals surface area contributed by atoms with Gasteiger partial charge in [0.05, 0.1) is 6.04 Å². The van der Waals surface area contributed by atoms with E-state index in [4.69, 9.17) is 14.2 Å². The van der Waals surface area contributed by atoms with Crippen LogP contribution in [0, 0.1) is 5.92 Å². The summed E-state index contributed by atoms with van der Waals surface area (Å²) in [5.74, 6) is -4.26. The Morgan fingerprint density at radius 2 is 1.88 bits per heavy atom. The van der Waals surface area contributed by atoms with Gasteiger partial charge in [0.2, 0.25) is 5.60 Å². The Morgan fingerprint density at radius 1 is 1.19 bits per heavy atom. The minimum absolute atomic E-state index is 0.116.